The molecule has 4 unspecified atom stereocenters. The van der Waals surface area contributed by atoms with Crippen molar-refractivity contribution in [1.82, 2.24) is 5.32 Å². The summed E-state index contributed by atoms with van der Waals surface area (Å²) in [7, 11) is 2.13. The van der Waals surface area contributed by atoms with Gasteiger partial charge >= 0.3 is 0 Å². The van der Waals surface area contributed by atoms with Crippen molar-refractivity contribution in [2.45, 2.75) is 185 Å². The van der Waals surface area contributed by atoms with Crippen molar-refractivity contribution in [3.05, 3.63) is 0 Å². The van der Waals surface area contributed by atoms with Crippen LogP contribution in [-0.2, 0) is 0 Å². The Labute approximate surface area is 233 Å². The molecule has 2 aliphatic rings. The lowest BCUT2D eigenvalue weighted by Gasteiger charge is -2.34. The van der Waals surface area contributed by atoms with Crippen LogP contribution in [0.4, 0.5) is 0 Å². The third-order valence-corrected chi connectivity index (χ3v) is 8.74. The molecule has 0 saturated heterocycles. The first-order chi connectivity index (χ1) is 17.4. The Kier molecular flexibility index (Phi) is 33.2. The molecule has 4 atom stereocenters. The van der Waals surface area contributed by atoms with E-state index in [1.807, 2.05) is 41.5 Å². The maximum atomic E-state index is 3.50. The van der Waals surface area contributed by atoms with Crippen molar-refractivity contribution < 1.29 is 0 Å². The summed E-state index contributed by atoms with van der Waals surface area (Å²) in [6.45, 7) is 26.3. The van der Waals surface area contributed by atoms with E-state index in [4.69, 9.17) is 0 Å². The summed E-state index contributed by atoms with van der Waals surface area (Å²) in [5.41, 5.74) is 0. The second kappa shape index (κ2) is 29.5. The second-order valence-electron chi connectivity index (χ2n) is 11.3. The van der Waals surface area contributed by atoms with E-state index in [1.54, 1.807) is 0 Å². The van der Waals surface area contributed by atoms with E-state index in [-0.39, 0.29) is 0 Å². The normalized spacial score (nSPS) is 25.5. The standard InChI is InChI=1S/C16H33N.C13H26.3C2H6/c1-4-5-8-11-15-12-9-6-7-10-13-16(15)14(2)17-3;1-5-13(10(2)3)12-8-6-11(4)7-9-12;3*1-2/h14-17H,4-13H2,1-3H3;10-13H,5-9H2,1-4H3;3*1-2H3. The van der Waals surface area contributed by atoms with Crippen LogP contribution in [0.2, 0.25) is 0 Å². The maximum absolute atomic E-state index is 3.50. The third kappa shape index (κ3) is 19.1. The predicted octanol–water partition coefficient (Wildman–Crippen LogP) is 12.3. The molecule has 0 aromatic rings. The molecule has 2 rings (SSSR count). The van der Waals surface area contributed by atoms with Gasteiger partial charge in [-0.3, -0.25) is 0 Å². The van der Waals surface area contributed by atoms with Crippen LogP contribution in [0.1, 0.15) is 179 Å². The SMILES string of the molecule is CC.CC.CC.CCC(C(C)C)C1CCC(C)CC1.CCCCCC1CCCCCCC1C(C)NC. The minimum Gasteiger partial charge on any atom is -0.317 e. The molecule has 0 aliphatic heterocycles. The quantitative estimate of drug-likeness (QED) is 0.303. The van der Waals surface area contributed by atoms with Gasteiger partial charge < -0.3 is 5.32 Å². The highest BCUT2D eigenvalue weighted by molar-refractivity contribution is 4.80. The lowest BCUT2D eigenvalue weighted by molar-refractivity contribution is 0.167. The van der Waals surface area contributed by atoms with Crippen LogP contribution < -0.4 is 5.32 Å². The third-order valence-electron chi connectivity index (χ3n) is 8.74. The fourth-order valence-electron chi connectivity index (χ4n) is 6.54. The van der Waals surface area contributed by atoms with Gasteiger partial charge in [-0.05, 0) is 68.7 Å². The van der Waals surface area contributed by atoms with Crippen LogP contribution in [0.15, 0.2) is 0 Å². The summed E-state index contributed by atoms with van der Waals surface area (Å²) in [6.07, 6.45) is 21.9. The molecule has 0 bridgehead atoms. The molecule has 2 fully saturated rings. The summed E-state index contributed by atoms with van der Waals surface area (Å²) >= 11 is 0. The first-order valence-corrected chi connectivity index (χ1v) is 17.1. The molecular formula is C35H77N. The number of hydrogen-bond donors (Lipinski definition) is 1. The number of rotatable bonds is 9. The topological polar surface area (TPSA) is 12.0 Å². The summed E-state index contributed by atoms with van der Waals surface area (Å²) < 4.78 is 0. The fourth-order valence-corrected chi connectivity index (χ4v) is 6.54. The Morgan fingerprint density at radius 3 is 1.67 bits per heavy atom. The van der Waals surface area contributed by atoms with Crippen LogP contribution in [0.3, 0.4) is 0 Å². The Balaban J connectivity index is -0.000000511. The lowest BCUT2D eigenvalue weighted by atomic mass is 9.72. The molecule has 2 aliphatic carbocycles. The van der Waals surface area contributed by atoms with Gasteiger partial charge in [-0.1, -0.05) is 153 Å². The van der Waals surface area contributed by atoms with Crippen molar-refractivity contribution in [3.63, 3.8) is 0 Å². The lowest BCUT2D eigenvalue weighted by Crippen LogP contribution is -2.36. The van der Waals surface area contributed by atoms with Crippen LogP contribution in [0.25, 0.3) is 0 Å². The van der Waals surface area contributed by atoms with E-state index in [1.165, 1.54) is 96.3 Å². The van der Waals surface area contributed by atoms with Crippen molar-refractivity contribution in [2.24, 2.45) is 35.5 Å². The molecule has 0 spiro atoms. The zero-order chi connectivity index (χ0) is 28.4. The molecule has 0 heterocycles. The summed E-state index contributed by atoms with van der Waals surface area (Å²) in [4.78, 5) is 0. The Hall–Kier alpha value is -0.0400. The predicted molar refractivity (Wildman–Crippen MR) is 171 cm³/mol. The summed E-state index contributed by atoms with van der Waals surface area (Å²) in [5, 5.41) is 3.50. The Bertz CT molecular complexity index is 382. The smallest absolute Gasteiger partial charge is 0.00666 e. The van der Waals surface area contributed by atoms with Crippen LogP contribution in [0.5, 0.6) is 0 Å². The van der Waals surface area contributed by atoms with Gasteiger partial charge in [0.25, 0.3) is 0 Å². The van der Waals surface area contributed by atoms with E-state index >= 15 is 0 Å². The molecule has 0 radical (unpaired) electrons. The zero-order valence-corrected chi connectivity index (χ0v) is 28.1. The second-order valence-corrected chi connectivity index (χ2v) is 11.3. The highest BCUT2D eigenvalue weighted by Gasteiger charge is 2.27. The molecule has 1 nitrogen and oxygen atoms in total. The first-order valence-electron chi connectivity index (χ1n) is 17.1. The largest absolute Gasteiger partial charge is 0.317 e. The molecule has 0 aromatic carbocycles. The Morgan fingerprint density at radius 2 is 1.22 bits per heavy atom. The van der Waals surface area contributed by atoms with Gasteiger partial charge in [0.15, 0.2) is 0 Å². The van der Waals surface area contributed by atoms with Gasteiger partial charge in [0, 0.05) is 6.04 Å². The average Bonchev–Trinajstić information content (AvgIpc) is 2.90. The van der Waals surface area contributed by atoms with Gasteiger partial charge in [0.2, 0.25) is 0 Å². The van der Waals surface area contributed by atoms with Gasteiger partial charge in [-0.2, -0.15) is 0 Å². The molecule has 222 valence electrons. The summed E-state index contributed by atoms with van der Waals surface area (Å²) in [5.74, 6) is 5.85. The molecule has 0 amide bonds. The average molecular weight is 512 g/mol. The maximum Gasteiger partial charge on any atom is 0.00666 e. The highest BCUT2D eigenvalue weighted by atomic mass is 14.9. The highest BCUT2D eigenvalue weighted by Crippen LogP contribution is 2.37. The van der Waals surface area contributed by atoms with Crippen molar-refractivity contribution in [3.8, 4) is 0 Å². The van der Waals surface area contributed by atoms with Crippen molar-refractivity contribution >= 4 is 0 Å². The van der Waals surface area contributed by atoms with Gasteiger partial charge in [-0.15, -0.1) is 0 Å². The van der Waals surface area contributed by atoms with E-state index < -0.39 is 0 Å². The number of nitrogens with one attached hydrogen (secondary N) is 1. The van der Waals surface area contributed by atoms with E-state index in [9.17, 15) is 0 Å². The van der Waals surface area contributed by atoms with Crippen molar-refractivity contribution in [2.75, 3.05) is 7.05 Å². The van der Waals surface area contributed by atoms with E-state index in [0.29, 0.717) is 6.04 Å². The fraction of sp³-hybridized carbons (Fsp3) is 1.00. The van der Waals surface area contributed by atoms with Gasteiger partial charge in [0.05, 0.1) is 0 Å². The van der Waals surface area contributed by atoms with E-state index in [0.717, 1.165) is 35.5 Å². The molecule has 0 aromatic heterocycles. The Morgan fingerprint density at radius 1 is 0.694 bits per heavy atom. The van der Waals surface area contributed by atoms with Crippen LogP contribution >= 0.6 is 0 Å². The van der Waals surface area contributed by atoms with Crippen molar-refractivity contribution in [1.29, 1.82) is 0 Å². The molecule has 2 saturated carbocycles. The zero-order valence-electron chi connectivity index (χ0n) is 28.1. The number of hydrogen-bond acceptors (Lipinski definition) is 1. The van der Waals surface area contributed by atoms with Crippen LogP contribution in [0, 0.1) is 35.5 Å². The molecule has 36 heavy (non-hydrogen) atoms. The van der Waals surface area contributed by atoms with Gasteiger partial charge in [0.1, 0.15) is 0 Å². The minimum atomic E-state index is 0.708. The van der Waals surface area contributed by atoms with Crippen LogP contribution in [-0.4, -0.2) is 13.1 Å². The summed E-state index contributed by atoms with van der Waals surface area (Å²) in [6, 6.07) is 0.708. The molecule has 1 N–H and O–H groups in total. The number of unbranched alkanes of at least 4 members (excludes halogenated alkanes) is 2. The first kappa shape index (κ1) is 40.5. The minimum absolute atomic E-state index is 0.708. The van der Waals surface area contributed by atoms with E-state index in [2.05, 4.69) is 53.9 Å². The molecule has 1 heteroatoms. The monoisotopic (exact) mass is 512 g/mol. The molecular weight excluding hydrogens is 434 g/mol. The van der Waals surface area contributed by atoms with Gasteiger partial charge in [-0.25, -0.2) is 0 Å².